The van der Waals surface area contributed by atoms with Crippen LogP contribution in [0, 0.1) is 0 Å². The lowest BCUT2D eigenvalue weighted by atomic mass is 9.93. The van der Waals surface area contributed by atoms with E-state index in [1.807, 2.05) is 0 Å². The third kappa shape index (κ3) is 3.42. The lowest BCUT2D eigenvalue weighted by molar-refractivity contribution is -0.0470. The minimum absolute atomic E-state index is 0.0866. The Morgan fingerprint density at radius 2 is 1.73 bits per heavy atom. The van der Waals surface area contributed by atoms with Gasteiger partial charge in [0, 0.05) is 23.6 Å². The van der Waals surface area contributed by atoms with Crippen LogP contribution < -0.4 is 5.43 Å². The summed E-state index contributed by atoms with van der Waals surface area (Å²) in [5.41, 5.74) is -0.699. The van der Waals surface area contributed by atoms with E-state index in [2.05, 4.69) is 0 Å². The minimum atomic E-state index is -1.39. The highest BCUT2D eigenvalue weighted by molar-refractivity contribution is 5.83. The van der Waals surface area contributed by atoms with Crippen LogP contribution in [0.15, 0.2) is 51.7 Å². The molecule has 0 bridgehead atoms. The molecule has 6 heteroatoms. The first-order valence-corrected chi connectivity index (χ1v) is 8.15. The second kappa shape index (κ2) is 6.48. The van der Waals surface area contributed by atoms with Crippen molar-refractivity contribution in [3.63, 3.8) is 0 Å². The predicted octanol–water partition coefficient (Wildman–Crippen LogP) is 2.55. The third-order valence-corrected chi connectivity index (χ3v) is 4.34. The van der Waals surface area contributed by atoms with Crippen molar-refractivity contribution in [1.29, 1.82) is 0 Å². The van der Waals surface area contributed by atoms with Crippen molar-refractivity contribution in [1.82, 2.24) is 0 Å². The van der Waals surface area contributed by atoms with Gasteiger partial charge in [0.05, 0.1) is 17.1 Å². The van der Waals surface area contributed by atoms with E-state index in [9.17, 15) is 25.2 Å². The molecule has 0 fully saturated rings. The molecule has 1 heterocycles. The molecule has 136 valence electrons. The average Bonchev–Trinajstić information content (AvgIpc) is 2.57. The summed E-state index contributed by atoms with van der Waals surface area (Å²) in [5, 5.41) is 40.1. The Balaban J connectivity index is 2.20. The lowest BCUT2D eigenvalue weighted by Crippen LogP contribution is -2.37. The Labute approximate surface area is 149 Å². The fraction of sp³-hybridized carbons (Fsp3) is 0.250. The number of aliphatic hydroxyl groups is 2. The van der Waals surface area contributed by atoms with Crippen LogP contribution in [-0.2, 0) is 6.42 Å². The van der Waals surface area contributed by atoms with Crippen molar-refractivity contribution in [3.05, 3.63) is 58.3 Å². The average molecular weight is 356 g/mol. The molecule has 26 heavy (non-hydrogen) atoms. The van der Waals surface area contributed by atoms with Crippen molar-refractivity contribution < 1.29 is 24.8 Å². The quantitative estimate of drug-likeness (QED) is 0.572. The van der Waals surface area contributed by atoms with Crippen molar-refractivity contribution in [2.45, 2.75) is 32.0 Å². The topological polar surface area (TPSA) is 111 Å². The van der Waals surface area contributed by atoms with Gasteiger partial charge in [-0.25, -0.2) is 0 Å². The first-order chi connectivity index (χ1) is 12.2. The molecular formula is C20H20O6. The second-order valence-corrected chi connectivity index (χ2v) is 6.84. The Hall–Kier alpha value is -2.83. The number of aromatic hydroxyl groups is 2. The predicted molar refractivity (Wildman–Crippen MR) is 97.3 cm³/mol. The third-order valence-electron chi connectivity index (χ3n) is 4.34. The number of hydrogen-bond donors (Lipinski definition) is 4. The number of hydrogen-bond acceptors (Lipinski definition) is 6. The summed E-state index contributed by atoms with van der Waals surface area (Å²) in [4.78, 5) is 12.5. The Kier molecular flexibility index (Phi) is 4.48. The smallest absolute Gasteiger partial charge is 0.193 e. The normalized spacial score (nSPS) is 13.1. The van der Waals surface area contributed by atoms with Crippen LogP contribution in [0.4, 0.5) is 0 Å². The van der Waals surface area contributed by atoms with Gasteiger partial charge in [-0.3, -0.25) is 4.79 Å². The number of fused-ring (bicyclic) bond motifs is 1. The van der Waals surface area contributed by atoms with Gasteiger partial charge in [0.1, 0.15) is 22.8 Å². The van der Waals surface area contributed by atoms with Gasteiger partial charge in [-0.05, 0) is 50.2 Å². The Morgan fingerprint density at radius 3 is 2.35 bits per heavy atom. The molecule has 6 nitrogen and oxygen atoms in total. The van der Waals surface area contributed by atoms with Gasteiger partial charge in [-0.2, -0.15) is 0 Å². The maximum Gasteiger partial charge on any atom is 0.193 e. The molecule has 0 spiro atoms. The molecule has 1 atom stereocenters. The monoisotopic (exact) mass is 356 g/mol. The minimum Gasteiger partial charge on any atom is -0.508 e. The van der Waals surface area contributed by atoms with Crippen molar-refractivity contribution in [2.24, 2.45) is 0 Å². The summed E-state index contributed by atoms with van der Waals surface area (Å²) < 4.78 is 5.86. The molecule has 1 aromatic heterocycles. The Morgan fingerprint density at radius 1 is 1.08 bits per heavy atom. The zero-order valence-electron chi connectivity index (χ0n) is 14.4. The molecule has 3 rings (SSSR count). The standard InChI is InChI=1S/C20H20O6/c1-20(2,25)18(24)9-14-15(22)8-7-13-16(23)10-17(26-19(13)14)11-3-5-12(21)6-4-11/h3-8,10,18,21-22,24-25H,9H2,1-2H3. The first kappa shape index (κ1) is 18.0. The van der Waals surface area contributed by atoms with Gasteiger partial charge in [-0.15, -0.1) is 0 Å². The first-order valence-electron chi connectivity index (χ1n) is 8.15. The number of phenols is 2. The molecule has 0 radical (unpaired) electrons. The molecule has 3 aromatic rings. The maximum atomic E-state index is 12.5. The van der Waals surface area contributed by atoms with E-state index in [0.717, 1.165) is 0 Å². The summed E-state index contributed by atoms with van der Waals surface area (Å²) in [7, 11) is 0. The van der Waals surface area contributed by atoms with E-state index in [0.29, 0.717) is 5.56 Å². The van der Waals surface area contributed by atoms with E-state index in [4.69, 9.17) is 4.42 Å². The fourth-order valence-corrected chi connectivity index (χ4v) is 2.67. The van der Waals surface area contributed by atoms with Crippen LogP contribution >= 0.6 is 0 Å². The van der Waals surface area contributed by atoms with Gasteiger partial charge in [0.15, 0.2) is 5.43 Å². The zero-order valence-corrected chi connectivity index (χ0v) is 14.4. The second-order valence-electron chi connectivity index (χ2n) is 6.84. The molecule has 0 aliphatic heterocycles. The molecular weight excluding hydrogens is 336 g/mol. The van der Waals surface area contributed by atoms with Crippen LogP contribution in [-0.4, -0.2) is 32.1 Å². The summed E-state index contributed by atoms with van der Waals surface area (Å²) >= 11 is 0. The van der Waals surface area contributed by atoms with E-state index in [-0.39, 0.29) is 45.6 Å². The molecule has 1 unspecified atom stereocenters. The number of phenolic OH excluding ortho intramolecular Hbond substituents is 2. The van der Waals surface area contributed by atoms with Gasteiger partial charge < -0.3 is 24.8 Å². The summed E-state index contributed by atoms with van der Waals surface area (Å²) in [6.45, 7) is 2.91. The van der Waals surface area contributed by atoms with Gasteiger partial charge in [0.2, 0.25) is 0 Å². The molecule has 0 saturated heterocycles. The number of benzene rings is 2. The molecule has 0 aliphatic carbocycles. The molecule has 2 aromatic carbocycles. The summed E-state index contributed by atoms with van der Waals surface area (Å²) in [6, 6.07) is 10.3. The van der Waals surface area contributed by atoms with Gasteiger partial charge in [-0.1, -0.05) is 0 Å². The van der Waals surface area contributed by atoms with Crippen LogP contribution in [0.25, 0.3) is 22.3 Å². The highest BCUT2D eigenvalue weighted by atomic mass is 16.3. The zero-order chi connectivity index (χ0) is 19.1. The van der Waals surface area contributed by atoms with Crippen molar-refractivity contribution >= 4 is 11.0 Å². The molecule has 4 N–H and O–H groups in total. The fourth-order valence-electron chi connectivity index (χ4n) is 2.67. The highest BCUT2D eigenvalue weighted by Gasteiger charge is 2.27. The van der Waals surface area contributed by atoms with Crippen molar-refractivity contribution in [2.75, 3.05) is 0 Å². The van der Waals surface area contributed by atoms with Gasteiger partial charge >= 0.3 is 0 Å². The van der Waals surface area contributed by atoms with Crippen LogP contribution in [0.3, 0.4) is 0 Å². The SMILES string of the molecule is CC(C)(O)C(O)Cc1c(O)ccc2c(=O)cc(-c3ccc(O)cc3)oc12. The molecule has 0 aliphatic rings. The van der Waals surface area contributed by atoms with E-state index < -0.39 is 11.7 Å². The highest BCUT2D eigenvalue weighted by Crippen LogP contribution is 2.31. The van der Waals surface area contributed by atoms with E-state index >= 15 is 0 Å². The largest absolute Gasteiger partial charge is 0.508 e. The summed E-state index contributed by atoms with van der Waals surface area (Å²) in [6.07, 6.45) is -1.25. The van der Waals surface area contributed by atoms with Crippen LogP contribution in [0.1, 0.15) is 19.4 Å². The number of rotatable bonds is 4. The molecule has 0 amide bonds. The number of aliphatic hydroxyl groups excluding tert-OH is 1. The van der Waals surface area contributed by atoms with E-state index in [1.165, 1.54) is 44.2 Å². The summed E-state index contributed by atoms with van der Waals surface area (Å²) in [5.74, 6) is 0.224. The molecule has 0 saturated carbocycles. The van der Waals surface area contributed by atoms with Crippen LogP contribution in [0.2, 0.25) is 0 Å². The van der Waals surface area contributed by atoms with E-state index in [1.54, 1.807) is 12.1 Å². The van der Waals surface area contributed by atoms with Crippen molar-refractivity contribution in [3.8, 4) is 22.8 Å². The van der Waals surface area contributed by atoms with Crippen LogP contribution in [0.5, 0.6) is 11.5 Å². The van der Waals surface area contributed by atoms with Gasteiger partial charge in [0.25, 0.3) is 0 Å². The maximum absolute atomic E-state index is 12.5. The lowest BCUT2D eigenvalue weighted by Gasteiger charge is -2.25. The Bertz CT molecular complexity index is 996.